The van der Waals surface area contributed by atoms with Crippen LogP contribution in [0.1, 0.15) is 49.3 Å². The summed E-state index contributed by atoms with van der Waals surface area (Å²) in [7, 11) is 1.48. The zero-order valence-corrected chi connectivity index (χ0v) is 21.0. The van der Waals surface area contributed by atoms with E-state index in [1.165, 1.54) is 24.1 Å². The Morgan fingerprint density at radius 3 is 2.36 bits per heavy atom. The van der Waals surface area contributed by atoms with Crippen LogP contribution in [0.3, 0.4) is 0 Å². The van der Waals surface area contributed by atoms with E-state index in [1.807, 2.05) is 0 Å². The van der Waals surface area contributed by atoms with E-state index in [9.17, 15) is 27.2 Å². The number of rotatable bonds is 5. The number of ether oxygens (including phenoxy) is 4. The summed E-state index contributed by atoms with van der Waals surface area (Å²) in [6.07, 6.45) is -4.50. The van der Waals surface area contributed by atoms with Gasteiger partial charge in [-0.3, -0.25) is 9.59 Å². The molecule has 2 amide bonds. The molecular weight excluding hydrogens is 524 g/mol. The number of nitrogens with zero attached hydrogens (tertiary/aromatic N) is 1. The lowest BCUT2D eigenvalue weighted by Crippen LogP contribution is -2.50. The largest absolute Gasteiger partial charge is 0.586 e. The molecule has 12 heteroatoms. The molecule has 1 N–H and O–H groups in total. The maximum atomic E-state index is 13.7. The van der Waals surface area contributed by atoms with Gasteiger partial charge in [0.15, 0.2) is 17.6 Å². The quantitative estimate of drug-likeness (QED) is 0.559. The lowest BCUT2D eigenvalue weighted by atomic mass is 9.91. The van der Waals surface area contributed by atoms with Crippen molar-refractivity contribution in [1.82, 2.24) is 10.2 Å². The monoisotopic (exact) mass is 550 g/mol. The Balaban J connectivity index is 1.23. The zero-order valence-electron chi connectivity index (χ0n) is 21.0. The Hall–Kier alpha value is -3.70. The smallest absolute Gasteiger partial charge is 0.497 e. The molecule has 8 nitrogen and oxygen atoms in total. The number of alkyl halides is 4. The normalized spacial score (nSPS) is 25.2. The number of hydrogen-bond donors (Lipinski definition) is 1. The summed E-state index contributed by atoms with van der Waals surface area (Å²) in [5.74, 6) is -2.96. The van der Waals surface area contributed by atoms with Crippen LogP contribution in [-0.4, -0.2) is 55.2 Å². The highest BCUT2D eigenvalue weighted by Crippen LogP contribution is 2.52. The van der Waals surface area contributed by atoms with Crippen molar-refractivity contribution < 1.29 is 46.1 Å². The molecule has 4 aliphatic rings. The van der Waals surface area contributed by atoms with E-state index in [2.05, 4.69) is 14.8 Å². The maximum absolute atomic E-state index is 13.7. The molecule has 3 heterocycles. The van der Waals surface area contributed by atoms with Gasteiger partial charge in [-0.25, -0.2) is 8.78 Å². The van der Waals surface area contributed by atoms with Crippen molar-refractivity contribution in [2.45, 2.75) is 61.9 Å². The molecule has 1 saturated heterocycles. The molecule has 2 fully saturated rings. The first kappa shape index (κ1) is 25.6. The molecule has 0 bridgehead atoms. The van der Waals surface area contributed by atoms with E-state index in [0.29, 0.717) is 35.5 Å². The van der Waals surface area contributed by atoms with Crippen LogP contribution in [0.15, 0.2) is 36.4 Å². The van der Waals surface area contributed by atoms with Crippen molar-refractivity contribution in [3.8, 4) is 23.0 Å². The first-order chi connectivity index (χ1) is 18.5. The van der Waals surface area contributed by atoms with Crippen LogP contribution < -0.4 is 24.3 Å². The third kappa shape index (κ3) is 4.70. The molecule has 0 radical (unpaired) electrons. The second-order valence-electron chi connectivity index (χ2n) is 10.4. The number of carbonyl (C=O) groups is 2. The molecule has 2 aromatic rings. The SMILES string of the molecule is COc1ccc2c(c1)O[C@@H](C(=O)N1CCC(F)(F)CC1)C[C@H]2NC(=O)C1(c2ccc3c(c2)OC(F)(F)O3)CC1. The van der Waals surface area contributed by atoms with Crippen LogP contribution in [0.5, 0.6) is 23.0 Å². The summed E-state index contributed by atoms with van der Waals surface area (Å²) < 4.78 is 74.6. The first-order valence-electron chi connectivity index (χ1n) is 12.7. The topological polar surface area (TPSA) is 86.3 Å². The van der Waals surface area contributed by atoms with E-state index in [4.69, 9.17) is 9.47 Å². The molecule has 3 aliphatic heterocycles. The molecule has 0 aromatic heterocycles. The average Bonchev–Trinajstić information content (AvgIpc) is 3.64. The van der Waals surface area contributed by atoms with E-state index in [1.54, 1.807) is 24.3 Å². The summed E-state index contributed by atoms with van der Waals surface area (Å²) in [4.78, 5) is 28.3. The highest BCUT2D eigenvalue weighted by Gasteiger charge is 2.53. The number of likely N-dealkylation sites (tertiary alicyclic amines) is 1. The second kappa shape index (κ2) is 8.92. The van der Waals surface area contributed by atoms with Crippen LogP contribution >= 0.6 is 0 Å². The third-order valence-corrected chi connectivity index (χ3v) is 7.84. The number of halogens is 4. The average molecular weight is 551 g/mol. The molecule has 1 aliphatic carbocycles. The van der Waals surface area contributed by atoms with Crippen LogP contribution in [0, 0.1) is 0 Å². The predicted octanol–water partition coefficient (Wildman–Crippen LogP) is 4.31. The first-order valence-corrected chi connectivity index (χ1v) is 12.7. The van der Waals surface area contributed by atoms with Gasteiger partial charge in [0.2, 0.25) is 5.91 Å². The summed E-state index contributed by atoms with van der Waals surface area (Å²) in [6, 6.07) is 8.75. The van der Waals surface area contributed by atoms with Crippen LogP contribution in [-0.2, 0) is 15.0 Å². The fourth-order valence-electron chi connectivity index (χ4n) is 5.43. The molecule has 208 valence electrons. The number of methoxy groups -OCH3 is 1. The number of fused-ring (bicyclic) bond motifs is 2. The fraction of sp³-hybridized carbons (Fsp3) is 0.481. The Morgan fingerprint density at radius 1 is 0.949 bits per heavy atom. The van der Waals surface area contributed by atoms with E-state index in [0.717, 1.165) is 0 Å². The zero-order chi connectivity index (χ0) is 27.6. The summed E-state index contributed by atoms with van der Waals surface area (Å²) in [5.41, 5.74) is 0.211. The number of amides is 2. The lowest BCUT2D eigenvalue weighted by Gasteiger charge is -2.37. The lowest BCUT2D eigenvalue weighted by molar-refractivity contribution is -0.286. The summed E-state index contributed by atoms with van der Waals surface area (Å²) in [5, 5.41) is 3.03. The van der Waals surface area contributed by atoms with Crippen LogP contribution in [0.2, 0.25) is 0 Å². The van der Waals surface area contributed by atoms with Gasteiger partial charge >= 0.3 is 6.29 Å². The van der Waals surface area contributed by atoms with Crippen molar-refractivity contribution in [3.63, 3.8) is 0 Å². The minimum Gasteiger partial charge on any atom is -0.497 e. The van der Waals surface area contributed by atoms with Gasteiger partial charge in [0.1, 0.15) is 11.5 Å². The Kier molecular flexibility index (Phi) is 5.85. The second-order valence-corrected chi connectivity index (χ2v) is 10.4. The van der Waals surface area contributed by atoms with Crippen molar-refractivity contribution in [2.75, 3.05) is 20.2 Å². The highest BCUT2D eigenvalue weighted by molar-refractivity contribution is 5.92. The standard InChI is InChI=1S/C27H26F4N2O6/c1-36-16-3-4-17-18(14-22(37-20(17)13-16)23(34)33-10-8-26(28,29)9-11-33)32-24(35)25(6-7-25)15-2-5-19-21(12-15)39-27(30,31)38-19/h2-5,12-13,18,22H,6-11,14H2,1H3,(H,32,35)/t18-,22-/m1/s1. The van der Waals surface area contributed by atoms with Crippen molar-refractivity contribution in [3.05, 3.63) is 47.5 Å². The van der Waals surface area contributed by atoms with Crippen LogP contribution in [0.25, 0.3) is 0 Å². The van der Waals surface area contributed by atoms with E-state index < -0.39 is 48.5 Å². The molecule has 1 saturated carbocycles. The Bertz CT molecular complexity index is 1320. The van der Waals surface area contributed by atoms with Gasteiger partial charge in [0.25, 0.3) is 11.8 Å². The predicted molar refractivity (Wildman–Crippen MR) is 127 cm³/mol. The van der Waals surface area contributed by atoms with Gasteiger partial charge in [-0.2, -0.15) is 0 Å². The molecule has 0 unspecified atom stereocenters. The van der Waals surface area contributed by atoms with Crippen LogP contribution in [0.4, 0.5) is 17.6 Å². The van der Waals surface area contributed by atoms with Gasteiger partial charge in [0.05, 0.1) is 18.6 Å². The van der Waals surface area contributed by atoms with Crippen molar-refractivity contribution in [2.24, 2.45) is 0 Å². The number of benzene rings is 2. The third-order valence-electron chi connectivity index (χ3n) is 7.84. The minimum absolute atomic E-state index is 0.0834. The Morgan fingerprint density at radius 2 is 1.67 bits per heavy atom. The molecule has 39 heavy (non-hydrogen) atoms. The minimum atomic E-state index is -3.77. The number of carbonyl (C=O) groups excluding carboxylic acids is 2. The number of nitrogens with one attached hydrogen (secondary N) is 1. The number of hydrogen-bond acceptors (Lipinski definition) is 6. The van der Waals surface area contributed by atoms with E-state index in [-0.39, 0.29) is 36.9 Å². The number of piperidine rings is 1. The molecule has 2 aromatic carbocycles. The summed E-state index contributed by atoms with van der Waals surface area (Å²) >= 11 is 0. The maximum Gasteiger partial charge on any atom is 0.586 e. The molecule has 2 atom stereocenters. The van der Waals surface area contributed by atoms with Crippen molar-refractivity contribution in [1.29, 1.82) is 0 Å². The molecule has 6 rings (SSSR count). The summed E-state index contributed by atoms with van der Waals surface area (Å²) in [6.45, 7) is -0.167. The van der Waals surface area contributed by atoms with E-state index >= 15 is 0 Å². The van der Waals surface area contributed by atoms with Gasteiger partial charge in [-0.05, 0) is 42.7 Å². The molecular formula is C27H26F4N2O6. The highest BCUT2D eigenvalue weighted by atomic mass is 19.3. The van der Waals surface area contributed by atoms with Gasteiger partial charge < -0.3 is 29.2 Å². The van der Waals surface area contributed by atoms with Gasteiger partial charge in [-0.15, -0.1) is 8.78 Å². The van der Waals surface area contributed by atoms with Gasteiger partial charge in [-0.1, -0.05) is 6.07 Å². The molecule has 0 spiro atoms. The Labute approximate surface area is 221 Å². The van der Waals surface area contributed by atoms with Crippen molar-refractivity contribution >= 4 is 11.8 Å². The fourth-order valence-corrected chi connectivity index (χ4v) is 5.43. The van der Waals surface area contributed by atoms with Gasteiger partial charge in [0, 0.05) is 44.0 Å².